The van der Waals surface area contributed by atoms with Gasteiger partial charge in [0.1, 0.15) is 0 Å². The highest BCUT2D eigenvalue weighted by atomic mass is 35.5. The number of carbonyl (C=O) groups excluding carboxylic acids is 1. The summed E-state index contributed by atoms with van der Waals surface area (Å²) < 4.78 is 0.792. The lowest BCUT2D eigenvalue weighted by Crippen LogP contribution is -2.41. The molecule has 0 fully saturated rings. The van der Waals surface area contributed by atoms with Gasteiger partial charge in [0, 0.05) is 11.4 Å². The molecule has 0 aliphatic carbocycles. The Labute approximate surface area is 98.8 Å². The molecular weight excluding hydrogens is 232 g/mol. The molecule has 0 saturated carbocycles. The second-order valence-corrected chi connectivity index (χ2v) is 5.06. The number of amides is 1. The molecule has 84 valence electrons. The Hall–Kier alpha value is -0.580. The maximum atomic E-state index is 11.4. The van der Waals surface area contributed by atoms with Gasteiger partial charge in [-0.05, 0) is 32.5 Å². The number of halogens is 1. The molecule has 0 aromatic carbocycles. The fourth-order valence-electron chi connectivity index (χ4n) is 1.08. The van der Waals surface area contributed by atoms with Gasteiger partial charge in [0.05, 0.1) is 10.4 Å². The van der Waals surface area contributed by atoms with E-state index in [-0.39, 0.29) is 11.9 Å². The van der Waals surface area contributed by atoms with Crippen LogP contribution in [-0.2, 0) is 11.2 Å². The molecule has 0 saturated heterocycles. The van der Waals surface area contributed by atoms with E-state index in [1.165, 1.54) is 4.88 Å². The van der Waals surface area contributed by atoms with Gasteiger partial charge in [0.2, 0.25) is 5.91 Å². The molecule has 1 aromatic heterocycles. The standard InChI is InChI=1S/C10H15ClN2OS/c1-7(12-2)10(14)13-6-5-8-3-4-9(11)15-8/h3-4,7,12H,5-6H2,1-2H3,(H,13,14). The first-order chi connectivity index (χ1) is 7.13. The number of likely N-dealkylation sites (N-methyl/N-ethyl adjacent to an activating group) is 1. The van der Waals surface area contributed by atoms with E-state index in [2.05, 4.69) is 10.6 Å². The zero-order valence-corrected chi connectivity index (χ0v) is 10.4. The molecule has 15 heavy (non-hydrogen) atoms. The van der Waals surface area contributed by atoms with Crippen LogP contribution >= 0.6 is 22.9 Å². The number of carbonyl (C=O) groups is 1. The molecule has 1 amide bonds. The molecule has 1 aromatic rings. The van der Waals surface area contributed by atoms with E-state index in [0.717, 1.165) is 10.8 Å². The molecule has 0 radical (unpaired) electrons. The molecule has 5 heteroatoms. The lowest BCUT2D eigenvalue weighted by Gasteiger charge is -2.10. The van der Waals surface area contributed by atoms with Gasteiger partial charge in [-0.25, -0.2) is 0 Å². The van der Waals surface area contributed by atoms with Gasteiger partial charge in [-0.3, -0.25) is 4.79 Å². The van der Waals surface area contributed by atoms with Crippen molar-refractivity contribution in [2.75, 3.05) is 13.6 Å². The Kier molecular flexibility index (Phi) is 5.08. The van der Waals surface area contributed by atoms with Crippen LogP contribution in [0.1, 0.15) is 11.8 Å². The van der Waals surface area contributed by atoms with Crippen LogP contribution in [0.4, 0.5) is 0 Å². The molecule has 1 atom stereocenters. The van der Waals surface area contributed by atoms with Gasteiger partial charge in [-0.2, -0.15) is 0 Å². The van der Waals surface area contributed by atoms with E-state index < -0.39 is 0 Å². The van der Waals surface area contributed by atoms with Crippen molar-refractivity contribution in [3.63, 3.8) is 0 Å². The average molecular weight is 247 g/mol. The Morgan fingerprint density at radius 3 is 2.87 bits per heavy atom. The predicted molar refractivity (Wildman–Crippen MR) is 64.6 cm³/mol. The van der Waals surface area contributed by atoms with Gasteiger partial charge >= 0.3 is 0 Å². The first kappa shape index (κ1) is 12.5. The third kappa shape index (κ3) is 4.20. The van der Waals surface area contributed by atoms with Crippen molar-refractivity contribution in [1.82, 2.24) is 10.6 Å². The highest BCUT2D eigenvalue weighted by Crippen LogP contribution is 2.21. The van der Waals surface area contributed by atoms with Crippen LogP contribution in [0, 0.1) is 0 Å². The summed E-state index contributed by atoms with van der Waals surface area (Å²) in [6, 6.07) is 3.72. The van der Waals surface area contributed by atoms with Gasteiger partial charge in [0.15, 0.2) is 0 Å². The van der Waals surface area contributed by atoms with E-state index in [1.54, 1.807) is 18.4 Å². The Morgan fingerprint density at radius 2 is 2.33 bits per heavy atom. The number of nitrogens with one attached hydrogen (secondary N) is 2. The zero-order chi connectivity index (χ0) is 11.3. The first-order valence-electron chi connectivity index (χ1n) is 4.82. The summed E-state index contributed by atoms with van der Waals surface area (Å²) in [7, 11) is 1.77. The van der Waals surface area contributed by atoms with Gasteiger partial charge in [-0.15, -0.1) is 11.3 Å². The summed E-state index contributed by atoms with van der Waals surface area (Å²) in [6.07, 6.45) is 0.833. The van der Waals surface area contributed by atoms with E-state index in [0.29, 0.717) is 6.54 Å². The molecule has 2 N–H and O–H groups in total. The highest BCUT2D eigenvalue weighted by molar-refractivity contribution is 7.16. The Balaban J connectivity index is 2.24. The molecule has 0 bridgehead atoms. The smallest absolute Gasteiger partial charge is 0.236 e. The zero-order valence-electron chi connectivity index (χ0n) is 8.84. The van der Waals surface area contributed by atoms with Crippen molar-refractivity contribution in [3.05, 3.63) is 21.3 Å². The quantitative estimate of drug-likeness (QED) is 0.830. The topological polar surface area (TPSA) is 41.1 Å². The minimum absolute atomic E-state index is 0.0279. The van der Waals surface area contributed by atoms with Crippen LogP contribution in [-0.4, -0.2) is 25.5 Å². The second kappa shape index (κ2) is 6.10. The molecule has 3 nitrogen and oxygen atoms in total. The number of hydrogen-bond donors (Lipinski definition) is 2. The number of thiophene rings is 1. The van der Waals surface area contributed by atoms with Crippen LogP contribution < -0.4 is 10.6 Å². The van der Waals surface area contributed by atoms with Gasteiger partial charge < -0.3 is 10.6 Å². The van der Waals surface area contributed by atoms with E-state index >= 15 is 0 Å². The summed E-state index contributed by atoms with van der Waals surface area (Å²) in [5.74, 6) is 0.0279. The van der Waals surface area contributed by atoms with E-state index in [1.807, 2.05) is 19.1 Å². The van der Waals surface area contributed by atoms with Crippen LogP contribution in [0.25, 0.3) is 0 Å². The molecule has 1 rings (SSSR count). The highest BCUT2D eigenvalue weighted by Gasteiger charge is 2.08. The third-order valence-electron chi connectivity index (χ3n) is 2.13. The van der Waals surface area contributed by atoms with Crippen molar-refractivity contribution in [3.8, 4) is 0 Å². The van der Waals surface area contributed by atoms with Crippen molar-refractivity contribution >= 4 is 28.8 Å². The van der Waals surface area contributed by atoms with E-state index in [9.17, 15) is 4.79 Å². The first-order valence-corrected chi connectivity index (χ1v) is 6.02. The molecule has 0 aliphatic heterocycles. The lowest BCUT2D eigenvalue weighted by molar-refractivity contribution is -0.122. The van der Waals surface area contributed by atoms with Crippen molar-refractivity contribution < 1.29 is 4.79 Å². The maximum absolute atomic E-state index is 11.4. The summed E-state index contributed by atoms with van der Waals surface area (Å²) in [5, 5.41) is 5.74. The lowest BCUT2D eigenvalue weighted by atomic mass is 10.3. The molecule has 0 spiro atoms. The largest absolute Gasteiger partial charge is 0.354 e. The van der Waals surface area contributed by atoms with Crippen LogP contribution in [0.3, 0.4) is 0 Å². The minimum atomic E-state index is -0.142. The molecule has 0 aliphatic rings. The summed E-state index contributed by atoms with van der Waals surface area (Å²) in [6.45, 7) is 2.49. The van der Waals surface area contributed by atoms with Crippen molar-refractivity contribution in [2.24, 2.45) is 0 Å². The maximum Gasteiger partial charge on any atom is 0.236 e. The second-order valence-electron chi connectivity index (χ2n) is 3.26. The minimum Gasteiger partial charge on any atom is -0.354 e. The predicted octanol–water partition coefficient (Wildman–Crippen LogP) is 1.67. The van der Waals surface area contributed by atoms with Gasteiger partial charge in [0.25, 0.3) is 0 Å². The van der Waals surface area contributed by atoms with Crippen LogP contribution in [0.2, 0.25) is 4.34 Å². The van der Waals surface area contributed by atoms with E-state index in [4.69, 9.17) is 11.6 Å². The molecule has 1 heterocycles. The Morgan fingerprint density at radius 1 is 1.60 bits per heavy atom. The van der Waals surface area contributed by atoms with Crippen LogP contribution in [0.15, 0.2) is 12.1 Å². The van der Waals surface area contributed by atoms with Crippen LogP contribution in [0.5, 0.6) is 0 Å². The monoisotopic (exact) mass is 246 g/mol. The average Bonchev–Trinajstić information content (AvgIpc) is 2.63. The fourth-order valence-corrected chi connectivity index (χ4v) is 2.17. The summed E-state index contributed by atoms with van der Waals surface area (Å²) in [4.78, 5) is 12.6. The summed E-state index contributed by atoms with van der Waals surface area (Å²) >= 11 is 7.35. The number of hydrogen-bond acceptors (Lipinski definition) is 3. The SMILES string of the molecule is CNC(C)C(=O)NCCc1ccc(Cl)s1. The molecular formula is C10H15ClN2OS. The van der Waals surface area contributed by atoms with Crippen molar-refractivity contribution in [1.29, 1.82) is 0 Å². The summed E-state index contributed by atoms with van der Waals surface area (Å²) in [5.41, 5.74) is 0. The Bertz CT molecular complexity index is 327. The fraction of sp³-hybridized carbons (Fsp3) is 0.500. The third-order valence-corrected chi connectivity index (χ3v) is 3.42. The molecule has 1 unspecified atom stereocenters. The normalized spacial score (nSPS) is 12.5. The number of rotatable bonds is 5. The van der Waals surface area contributed by atoms with Crippen molar-refractivity contribution in [2.45, 2.75) is 19.4 Å². The van der Waals surface area contributed by atoms with Gasteiger partial charge in [-0.1, -0.05) is 11.6 Å².